The van der Waals surface area contributed by atoms with Crippen LogP contribution in [-0.4, -0.2) is 29.7 Å². The Balaban J connectivity index is 2.44. The minimum atomic E-state index is -2.40. The summed E-state index contributed by atoms with van der Waals surface area (Å²) in [6.45, 7) is -0.613. The number of halogens is 2. The van der Waals surface area contributed by atoms with Crippen molar-refractivity contribution >= 4 is 11.3 Å². The van der Waals surface area contributed by atoms with Crippen molar-refractivity contribution in [1.29, 1.82) is 0 Å². The van der Waals surface area contributed by atoms with Gasteiger partial charge in [0.05, 0.1) is 24.7 Å². The average molecular weight is 208 g/mol. The number of aromatic nitrogens is 1. The Hall–Kier alpha value is -0.590. The molecule has 6 heteroatoms. The van der Waals surface area contributed by atoms with Crippen LogP contribution in [0.15, 0.2) is 11.7 Å². The van der Waals surface area contributed by atoms with E-state index >= 15 is 0 Å². The highest BCUT2D eigenvalue weighted by Gasteiger charge is 2.13. The summed E-state index contributed by atoms with van der Waals surface area (Å²) < 4.78 is 23.6. The van der Waals surface area contributed by atoms with Gasteiger partial charge in [0.2, 0.25) is 0 Å². The van der Waals surface area contributed by atoms with Crippen molar-refractivity contribution in [2.45, 2.75) is 12.5 Å². The average Bonchev–Trinajstić information content (AvgIpc) is 2.58. The van der Waals surface area contributed by atoms with Gasteiger partial charge >= 0.3 is 0 Å². The van der Waals surface area contributed by atoms with E-state index in [9.17, 15) is 8.78 Å². The van der Waals surface area contributed by atoms with E-state index < -0.39 is 19.0 Å². The lowest BCUT2D eigenvalue weighted by atomic mass is 10.3. The summed E-state index contributed by atoms with van der Waals surface area (Å²) in [5.41, 5.74) is 1.60. The number of hydrogen-bond acceptors (Lipinski definition) is 4. The molecule has 3 nitrogen and oxygen atoms in total. The molecule has 1 heterocycles. The summed E-state index contributed by atoms with van der Waals surface area (Å²) in [4.78, 5) is 4.56. The number of alkyl halides is 2. The van der Waals surface area contributed by atoms with Gasteiger partial charge in [-0.3, -0.25) is 4.98 Å². The van der Waals surface area contributed by atoms with Crippen LogP contribution in [0, 0.1) is 0 Å². The summed E-state index contributed by atoms with van der Waals surface area (Å²) in [6.07, 6.45) is -0.841. The maximum atomic E-state index is 11.8. The molecule has 0 spiro atoms. The molecule has 2 N–H and O–H groups in total. The predicted molar refractivity (Wildman–Crippen MR) is 45.9 cm³/mol. The molecule has 1 aromatic heterocycles. The van der Waals surface area contributed by atoms with Crippen molar-refractivity contribution in [1.82, 2.24) is 10.3 Å². The fourth-order valence-electron chi connectivity index (χ4n) is 0.884. The first kappa shape index (κ1) is 10.5. The highest BCUT2D eigenvalue weighted by Crippen LogP contribution is 2.16. The molecule has 0 aliphatic carbocycles. The number of aliphatic hydroxyl groups excluding tert-OH is 1. The second-order valence-electron chi connectivity index (χ2n) is 2.44. The molecule has 0 saturated heterocycles. The van der Waals surface area contributed by atoms with Crippen molar-refractivity contribution < 1.29 is 13.9 Å². The Morgan fingerprint density at radius 1 is 1.62 bits per heavy atom. The van der Waals surface area contributed by atoms with E-state index in [1.165, 1.54) is 11.3 Å². The smallest absolute Gasteiger partial charge is 0.250 e. The molecule has 0 fully saturated rings. The Kier molecular flexibility index (Phi) is 4.20. The predicted octanol–water partition coefficient (Wildman–Crippen LogP) is 1.03. The van der Waals surface area contributed by atoms with Crippen molar-refractivity contribution in [2.75, 3.05) is 13.2 Å². The van der Waals surface area contributed by atoms with E-state index in [1.54, 1.807) is 11.7 Å². The fourth-order valence-corrected chi connectivity index (χ4v) is 1.57. The first-order chi connectivity index (χ1) is 6.24. The van der Waals surface area contributed by atoms with E-state index in [2.05, 4.69) is 10.3 Å². The van der Waals surface area contributed by atoms with Crippen molar-refractivity contribution in [3.05, 3.63) is 16.6 Å². The summed E-state index contributed by atoms with van der Waals surface area (Å²) in [5, 5.41) is 11.4. The summed E-state index contributed by atoms with van der Waals surface area (Å²) in [7, 11) is 0. The van der Waals surface area contributed by atoms with E-state index in [0.29, 0.717) is 0 Å². The van der Waals surface area contributed by atoms with Crippen molar-refractivity contribution in [2.24, 2.45) is 0 Å². The lowest BCUT2D eigenvalue weighted by Crippen LogP contribution is -2.28. The molecule has 0 amide bonds. The first-order valence-corrected chi connectivity index (χ1v) is 4.62. The molecule has 74 valence electrons. The molecule has 1 atom stereocenters. The second kappa shape index (κ2) is 5.21. The molecule has 0 saturated carbocycles. The van der Waals surface area contributed by atoms with Crippen LogP contribution in [0.5, 0.6) is 0 Å². The van der Waals surface area contributed by atoms with Crippen LogP contribution in [-0.2, 0) is 0 Å². The van der Waals surface area contributed by atoms with E-state index in [-0.39, 0.29) is 6.61 Å². The molecule has 1 unspecified atom stereocenters. The molecular formula is C7H10F2N2OS. The Labute approximate surface area is 78.4 Å². The van der Waals surface area contributed by atoms with Crippen LogP contribution in [0.4, 0.5) is 8.78 Å². The summed E-state index contributed by atoms with van der Waals surface area (Å²) in [5.74, 6) is 0. The van der Waals surface area contributed by atoms with Crippen LogP contribution in [0.25, 0.3) is 0 Å². The van der Waals surface area contributed by atoms with E-state index in [0.717, 1.165) is 4.88 Å². The normalized spacial score (nSPS) is 13.5. The van der Waals surface area contributed by atoms with Gasteiger partial charge in [-0.2, -0.15) is 0 Å². The zero-order valence-electron chi connectivity index (χ0n) is 6.78. The van der Waals surface area contributed by atoms with Gasteiger partial charge < -0.3 is 10.4 Å². The van der Waals surface area contributed by atoms with Crippen LogP contribution in [0.2, 0.25) is 0 Å². The van der Waals surface area contributed by atoms with Gasteiger partial charge in [0.25, 0.3) is 6.43 Å². The first-order valence-electron chi connectivity index (χ1n) is 3.74. The van der Waals surface area contributed by atoms with Gasteiger partial charge in [-0.05, 0) is 0 Å². The third kappa shape index (κ3) is 3.33. The lowest BCUT2D eigenvalue weighted by Gasteiger charge is -2.13. The number of nitrogens with zero attached hydrogens (tertiary/aromatic N) is 1. The summed E-state index contributed by atoms with van der Waals surface area (Å²) >= 11 is 1.33. The van der Waals surface area contributed by atoms with Gasteiger partial charge in [0.1, 0.15) is 0 Å². The second-order valence-corrected chi connectivity index (χ2v) is 3.36. The lowest BCUT2D eigenvalue weighted by molar-refractivity contribution is 0.134. The zero-order chi connectivity index (χ0) is 9.68. The molecule has 0 aliphatic heterocycles. The van der Waals surface area contributed by atoms with Crippen LogP contribution in [0.1, 0.15) is 10.9 Å². The van der Waals surface area contributed by atoms with Gasteiger partial charge in [-0.1, -0.05) is 0 Å². The Bertz CT molecular complexity index is 230. The number of thiazole rings is 1. The van der Waals surface area contributed by atoms with Gasteiger partial charge in [0, 0.05) is 11.1 Å². The van der Waals surface area contributed by atoms with Crippen LogP contribution >= 0.6 is 11.3 Å². The third-order valence-corrected chi connectivity index (χ3v) is 2.39. The monoisotopic (exact) mass is 208 g/mol. The third-order valence-electron chi connectivity index (χ3n) is 1.50. The number of aliphatic hydroxyl groups is 1. The molecule has 0 bridgehead atoms. The largest absolute Gasteiger partial charge is 0.394 e. The van der Waals surface area contributed by atoms with Crippen LogP contribution < -0.4 is 5.32 Å². The minimum absolute atomic E-state index is 0.199. The minimum Gasteiger partial charge on any atom is -0.394 e. The maximum absolute atomic E-state index is 11.8. The maximum Gasteiger partial charge on any atom is 0.250 e. The van der Waals surface area contributed by atoms with Gasteiger partial charge in [0.15, 0.2) is 0 Å². The highest BCUT2D eigenvalue weighted by atomic mass is 32.1. The van der Waals surface area contributed by atoms with E-state index in [1.807, 2.05) is 0 Å². The van der Waals surface area contributed by atoms with Crippen molar-refractivity contribution in [3.8, 4) is 0 Å². The Morgan fingerprint density at radius 2 is 2.38 bits per heavy atom. The topological polar surface area (TPSA) is 45.1 Å². The number of rotatable bonds is 5. The molecule has 1 aromatic rings. The quantitative estimate of drug-likeness (QED) is 0.759. The summed E-state index contributed by atoms with van der Waals surface area (Å²) in [6, 6.07) is -0.429. The SMILES string of the molecule is OCC(NCC(F)F)c1cncs1. The number of hydrogen-bond donors (Lipinski definition) is 2. The molecule has 0 aromatic carbocycles. The van der Waals surface area contributed by atoms with Gasteiger partial charge in [-0.25, -0.2) is 8.78 Å². The zero-order valence-corrected chi connectivity index (χ0v) is 7.60. The van der Waals surface area contributed by atoms with Crippen molar-refractivity contribution in [3.63, 3.8) is 0 Å². The molecule has 0 radical (unpaired) electrons. The highest BCUT2D eigenvalue weighted by molar-refractivity contribution is 7.09. The Morgan fingerprint density at radius 3 is 2.85 bits per heavy atom. The van der Waals surface area contributed by atoms with E-state index in [4.69, 9.17) is 5.11 Å². The molecular weight excluding hydrogens is 198 g/mol. The molecule has 0 aliphatic rings. The van der Waals surface area contributed by atoms with Gasteiger partial charge in [-0.15, -0.1) is 11.3 Å². The number of nitrogens with one attached hydrogen (secondary N) is 1. The fraction of sp³-hybridized carbons (Fsp3) is 0.571. The van der Waals surface area contributed by atoms with Crippen LogP contribution in [0.3, 0.4) is 0 Å². The molecule has 13 heavy (non-hydrogen) atoms. The standard InChI is InChI=1S/C7H10F2N2OS/c8-7(9)2-11-5(3-12)6-1-10-4-13-6/h1,4-5,7,11-12H,2-3H2. The molecule has 1 rings (SSSR count).